The van der Waals surface area contributed by atoms with Crippen LogP contribution in [0.1, 0.15) is 0 Å². The topological polar surface area (TPSA) is 143 Å². The zero-order valence-electron chi connectivity index (χ0n) is 9.02. The summed E-state index contributed by atoms with van der Waals surface area (Å²) in [6.07, 6.45) is 0. The zero-order valence-corrected chi connectivity index (χ0v) is 19.4. The molecular formula is C6CoK3N6-5. The molecule has 0 aromatic heterocycles. The monoisotopic (exact) mass is 332 g/mol. The molecule has 0 aromatic rings. The van der Waals surface area contributed by atoms with Crippen molar-refractivity contribution in [1.29, 1.82) is 31.6 Å². The first kappa shape index (κ1) is 79.2. The molecule has 0 spiro atoms. The number of hydrogen-bond acceptors (Lipinski definition) is 6. The first-order valence-corrected chi connectivity index (χ1v) is 1.34. The third-order valence-electron chi connectivity index (χ3n) is 0. The summed E-state index contributed by atoms with van der Waals surface area (Å²) >= 11 is 0. The van der Waals surface area contributed by atoms with Gasteiger partial charge in [0.2, 0.25) is 0 Å². The minimum atomic E-state index is 0. The molecule has 0 atom stereocenters. The molecule has 0 aliphatic carbocycles. The minimum Gasteiger partial charge on any atom is -0.512 e. The Bertz CT molecular complexity index is 103. The van der Waals surface area contributed by atoms with Crippen LogP contribution in [0.2, 0.25) is 0 Å². The summed E-state index contributed by atoms with van der Waals surface area (Å²) in [5, 5.41) is 37.5. The largest absolute Gasteiger partial charge is 1.00 e. The van der Waals surface area contributed by atoms with E-state index in [-0.39, 0.29) is 171 Å². The third kappa shape index (κ3) is 695. The second kappa shape index (κ2) is 837. The fraction of sp³-hybridized carbons (Fsp3) is 0. The van der Waals surface area contributed by atoms with E-state index in [2.05, 4.69) is 0 Å². The van der Waals surface area contributed by atoms with Gasteiger partial charge in [0.05, 0.1) is 0 Å². The summed E-state index contributed by atoms with van der Waals surface area (Å²) < 4.78 is 0. The number of rotatable bonds is 0. The first-order chi connectivity index (χ1) is 6.00. The Labute approximate surface area is 235 Å². The standard InChI is InChI=1S/6CN.Co.3K/c6*1-2;;;;/q6*-1;;;;+1. The molecule has 0 bridgehead atoms. The molecule has 10 heteroatoms. The van der Waals surface area contributed by atoms with Gasteiger partial charge in [-0.1, -0.05) is 0 Å². The van der Waals surface area contributed by atoms with E-state index in [0.717, 1.165) is 0 Å². The van der Waals surface area contributed by atoms with Gasteiger partial charge in [-0.15, -0.1) is 0 Å². The third-order valence-corrected chi connectivity index (χ3v) is 0. The maximum Gasteiger partial charge on any atom is 1.00 e. The quantitative estimate of drug-likeness (QED) is 0.338. The molecular weight excluding hydrogens is 332 g/mol. The molecule has 3 radical (unpaired) electrons. The van der Waals surface area contributed by atoms with E-state index in [4.69, 9.17) is 71.0 Å². The van der Waals surface area contributed by atoms with E-state index < -0.39 is 0 Å². The van der Waals surface area contributed by atoms with E-state index in [1.807, 2.05) is 0 Å². The van der Waals surface area contributed by atoms with E-state index in [1.54, 1.807) is 0 Å². The predicted octanol–water partition coefficient (Wildman–Crippen LogP) is -3.18. The summed E-state index contributed by atoms with van der Waals surface area (Å²) in [5.74, 6) is 0. The molecule has 0 unspecified atom stereocenters. The van der Waals surface area contributed by atoms with Gasteiger partial charge in [-0.3, -0.25) is 0 Å². The van der Waals surface area contributed by atoms with Gasteiger partial charge in [-0.2, -0.15) is 0 Å². The molecule has 0 heterocycles. The predicted molar refractivity (Wildman–Crippen MR) is 41.3 cm³/mol. The molecule has 6 nitrogen and oxygen atoms in total. The molecule has 0 amide bonds. The number of hydrogen-bond donors (Lipinski definition) is 0. The Morgan fingerprint density at radius 3 is 0.375 bits per heavy atom. The van der Waals surface area contributed by atoms with Gasteiger partial charge in [-0.25, -0.2) is 0 Å². The van der Waals surface area contributed by atoms with Gasteiger partial charge in [0.1, 0.15) is 0 Å². The summed E-state index contributed by atoms with van der Waals surface area (Å²) in [5.41, 5.74) is 0. The molecule has 0 aliphatic rings. The van der Waals surface area contributed by atoms with Gasteiger partial charge in [0.25, 0.3) is 0 Å². The van der Waals surface area contributed by atoms with Crippen LogP contribution in [-0.2, 0) is 16.8 Å². The molecule has 0 aromatic carbocycles. The van der Waals surface area contributed by atoms with Crippen LogP contribution in [0.15, 0.2) is 0 Å². The summed E-state index contributed by atoms with van der Waals surface area (Å²) in [7, 11) is 0. The van der Waals surface area contributed by atoms with Gasteiger partial charge in [0, 0.05) is 120 Å². The number of nitrogens with zero attached hydrogens (tertiary/aromatic N) is 6. The van der Waals surface area contributed by atoms with Crippen molar-refractivity contribution in [2.45, 2.75) is 0 Å². The van der Waals surface area contributed by atoms with E-state index in [0.29, 0.717) is 0 Å². The van der Waals surface area contributed by atoms with E-state index in [1.165, 1.54) is 0 Å². The van der Waals surface area contributed by atoms with Crippen LogP contribution in [0.3, 0.4) is 0 Å². The maximum atomic E-state index is 6.25. The second-order valence-corrected chi connectivity index (χ2v) is 0. The Morgan fingerprint density at radius 1 is 0.375 bits per heavy atom. The van der Waals surface area contributed by atoms with Crippen LogP contribution in [0.4, 0.5) is 0 Å². The molecule has 71 valence electrons. The van der Waals surface area contributed by atoms with Crippen molar-refractivity contribution >= 4 is 103 Å². The second-order valence-electron chi connectivity index (χ2n) is 0. The van der Waals surface area contributed by atoms with Crippen LogP contribution in [0, 0.1) is 71.0 Å². The molecule has 0 N–H and O–H groups in total. The van der Waals surface area contributed by atoms with E-state index >= 15 is 0 Å². The molecule has 0 saturated heterocycles. The maximum absolute atomic E-state index is 6.25. The van der Waals surface area contributed by atoms with Gasteiger partial charge < -0.3 is 71.0 Å². The van der Waals surface area contributed by atoms with Crippen molar-refractivity contribution in [3.8, 4) is 0 Å². The van der Waals surface area contributed by atoms with Crippen molar-refractivity contribution in [3.05, 3.63) is 39.4 Å². The Balaban J connectivity index is -0.00000000321. The van der Waals surface area contributed by atoms with Crippen LogP contribution in [0.25, 0.3) is 0 Å². The van der Waals surface area contributed by atoms with Crippen LogP contribution < -0.4 is 51.4 Å². The Morgan fingerprint density at radius 2 is 0.375 bits per heavy atom. The summed E-state index contributed by atoms with van der Waals surface area (Å²) in [6, 6.07) is 0. The van der Waals surface area contributed by atoms with Gasteiger partial charge in [0.15, 0.2) is 0 Å². The van der Waals surface area contributed by atoms with Gasteiger partial charge in [-0.05, 0) is 0 Å². The van der Waals surface area contributed by atoms with Gasteiger partial charge >= 0.3 is 51.4 Å². The van der Waals surface area contributed by atoms with Crippen molar-refractivity contribution < 1.29 is 68.2 Å². The van der Waals surface area contributed by atoms with Crippen molar-refractivity contribution in [3.63, 3.8) is 0 Å². The normalized spacial score (nSPS) is 0.750. The van der Waals surface area contributed by atoms with Crippen LogP contribution >= 0.6 is 0 Å². The molecule has 0 rings (SSSR count). The van der Waals surface area contributed by atoms with Crippen molar-refractivity contribution in [2.24, 2.45) is 0 Å². The summed E-state index contributed by atoms with van der Waals surface area (Å²) in [6.45, 7) is 28.5. The molecule has 16 heavy (non-hydrogen) atoms. The Kier molecular flexibility index (Phi) is 4140. The Hall–Kier alpha value is 2.36. The van der Waals surface area contributed by atoms with Crippen molar-refractivity contribution in [2.75, 3.05) is 0 Å². The van der Waals surface area contributed by atoms with Crippen LogP contribution in [-0.4, -0.2) is 103 Å². The fourth-order valence-corrected chi connectivity index (χ4v) is 0. The van der Waals surface area contributed by atoms with Crippen LogP contribution in [0.5, 0.6) is 0 Å². The SMILES string of the molecule is [C-]#N.[C-]#N.[C-]#N.[C-]#N.[C-]#N.[C-]#N.[Co].[K+].[K].[K]. The minimum absolute atomic E-state index is 0. The molecule has 0 aliphatic heterocycles. The summed E-state index contributed by atoms with van der Waals surface area (Å²) in [4.78, 5) is 0. The molecule has 0 fully saturated rings. The average Bonchev–Trinajstić information content (AvgIpc) is 2.33. The molecule has 0 saturated carbocycles. The smallest absolute Gasteiger partial charge is 0.512 e. The zero-order chi connectivity index (χ0) is 12.0. The van der Waals surface area contributed by atoms with E-state index in [9.17, 15) is 0 Å². The average molecular weight is 332 g/mol. The van der Waals surface area contributed by atoms with Crippen molar-refractivity contribution in [1.82, 2.24) is 0 Å². The first-order valence-electron chi connectivity index (χ1n) is 1.34. The fourth-order valence-electron chi connectivity index (χ4n) is 0.